The van der Waals surface area contributed by atoms with Crippen LogP contribution in [-0.2, 0) is 9.59 Å². The average molecular weight is 540 g/mol. The summed E-state index contributed by atoms with van der Waals surface area (Å²) in [5.41, 5.74) is 2.22. The molecule has 0 N–H and O–H groups in total. The topological polar surface area (TPSA) is 59.1 Å². The van der Waals surface area contributed by atoms with Gasteiger partial charge < -0.3 is 19.3 Å². The van der Waals surface area contributed by atoms with E-state index in [9.17, 15) is 9.59 Å². The van der Waals surface area contributed by atoms with Crippen LogP contribution in [0.25, 0.3) is 0 Å². The summed E-state index contributed by atoms with van der Waals surface area (Å²) < 4.78 is 12.9. The zero-order valence-corrected chi connectivity index (χ0v) is 20.2. The second kappa shape index (κ2) is 10.3. The van der Waals surface area contributed by atoms with Gasteiger partial charge in [-0.15, -0.1) is 0 Å². The highest BCUT2D eigenvalue weighted by molar-refractivity contribution is 9.10. The van der Waals surface area contributed by atoms with Crippen LogP contribution in [0.15, 0.2) is 45.3 Å². The third kappa shape index (κ3) is 5.98. The molecule has 6 nitrogen and oxygen atoms in total. The summed E-state index contributed by atoms with van der Waals surface area (Å²) in [7, 11) is 0. The zero-order valence-electron chi connectivity index (χ0n) is 17.0. The van der Waals surface area contributed by atoms with Crippen LogP contribution >= 0.6 is 31.9 Å². The van der Waals surface area contributed by atoms with E-state index in [1.54, 1.807) is 9.80 Å². The third-order valence-electron chi connectivity index (χ3n) is 4.86. The SMILES string of the molecule is Cc1ccc(OCC(=O)N2CCN(C(=O)COc3ccc(C)cc3Br)CC2)c(Br)c1. The standard InChI is InChI=1S/C22H24Br2N2O4/c1-15-3-5-19(17(23)11-15)29-13-21(27)25-7-9-26(10-8-25)22(28)14-30-20-6-4-16(2)12-18(20)24/h3-6,11-12H,7-10,13-14H2,1-2H3. The maximum absolute atomic E-state index is 12.5. The molecule has 1 aliphatic heterocycles. The van der Waals surface area contributed by atoms with Crippen molar-refractivity contribution in [2.24, 2.45) is 0 Å². The first kappa shape index (κ1) is 22.6. The molecule has 2 aromatic rings. The summed E-state index contributed by atoms with van der Waals surface area (Å²) in [4.78, 5) is 28.4. The maximum Gasteiger partial charge on any atom is 0.260 e. The molecule has 0 radical (unpaired) electrons. The highest BCUT2D eigenvalue weighted by Gasteiger charge is 2.25. The molecule has 8 heteroatoms. The Morgan fingerprint density at radius 1 is 0.767 bits per heavy atom. The van der Waals surface area contributed by atoms with E-state index in [4.69, 9.17) is 9.47 Å². The largest absolute Gasteiger partial charge is 0.483 e. The normalized spacial score (nSPS) is 13.9. The van der Waals surface area contributed by atoms with E-state index >= 15 is 0 Å². The quantitative estimate of drug-likeness (QED) is 0.557. The molecule has 0 saturated carbocycles. The van der Waals surface area contributed by atoms with Crippen molar-refractivity contribution in [2.75, 3.05) is 39.4 Å². The molecule has 1 fully saturated rings. The lowest BCUT2D eigenvalue weighted by molar-refractivity contribution is -0.141. The number of benzene rings is 2. The molecule has 2 aromatic carbocycles. The number of carbonyl (C=O) groups excluding carboxylic acids is 2. The van der Waals surface area contributed by atoms with Crippen LogP contribution < -0.4 is 9.47 Å². The van der Waals surface area contributed by atoms with Gasteiger partial charge in [-0.3, -0.25) is 9.59 Å². The Hall–Kier alpha value is -2.06. The Bertz CT molecular complexity index is 852. The number of ether oxygens (including phenoxy) is 2. The minimum Gasteiger partial charge on any atom is -0.483 e. The van der Waals surface area contributed by atoms with Gasteiger partial charge in [0.15, 0.2) is 13.2 Å². The van der Waals surface area contributed by atoms with Gasteiger partial charge in [0.2, 0.25) is 0 Å². The van der Waals surface area contributed by atoms with Gasteiger partial charge in [0.25, 0.3) is 11.8 Å². The zero-order chi connectivity index (χ0) is 21.7. The first-order valence-electron chi connectivity index (χ1n) is 9.67. The maximum atomic E-state index is 12.5. The van der Waals surface area contributed by atoms with Gasteiger partial charge in [-0.1, -0.05) is 12.1 Å². The Morgan fingerprint density at radius 3 is 1.47 bits per heavy atom. The number of piperazine rings is 1. The van der Waals surface area contributed by atoms with Gasteiger partial charge >= 0.3 is 0 Å². The first-order chi connectivity index (χ1) is 14.3. The van der Waals surface area contributed by atoms with Crippen molar-refractivity contribution in [2.45, 2.75) is 13.8 Å². The second-order valence-electron chi connectivity index (χ2n) is 7.21. The van der Waals surface area contributed by atoms with E-state index in [1.165, 1.54) is 0 Å². The number of rotatable bonds is 6. The molecule has 3 rings (SSSR count). The van der Waals surface area contributed by atoms with Crippen LogP contribution in [0.3, 0.4) is 0 Å². The molecule has 1 aliphatic rings. The van der Waals surface area contributed by atoms with Gasteiger partial charge in [0, 0.05) is 26.2 Å². The lowest BCUT2D eigenvalue weighted by atomic mass is 10.2. The molecule has 0 aliphatic carbocycles. The molecular formula is C22H24Br2N2O4. The monoisotopic (exact) mass is 538 g/mol. The van der Waals surface area contributed by atoms with Crippen LogP contribution in [0.4, 0.5) is 0 Å². The number of nitrogens with zero attached hydrogens (tertiary/aromatic N) is 2. The van der Waals surface area contributed by atoms with Gasteiger partial charge in [0.05, 0.1) is 8.95 Å². The van der Waals surface area contributed by atoms with Crippen LogP contribution in [0.1, 0.15) is 11.1 Å². The van der Waals surface area contributed by atoms with E-state index in [2.05, 4.69) is 31.9 Å². The molecule has 0 unspecified atom stereocenters. The van der Waals surface area contributed by atoms with Crippen LogP contribution in [0.2, 0.25) is 0 Å². The van der Waals surface area contributed by atoms with Gasteiger partial charge in [0.1, 0.15) is 11.5 Å². The molecule has 0 bridgehead atoms. The van der Waals surface area contributed by atoms with E-state index in [0.717, 1.165) is 20.1 Å². The van der Waals surface area contributed by atoms with E-state index in [-0.39, 0.29) is 25.0 Å². The summed E-state index contributed by atoms with van der Waals surface area (Å²) in [6.45, 7) is 5.86. The van der Waals surface area contributed by atoms with E-state index < -0.39 is 0 Å². The van der Waals surface area contributed by atoms with Crippen molar-refractivity contribution in [3.8, 4) is 11.5 Å². The Labute approximate surface area is 193 Å². The van der Waals surface area contributed by atoms with Crippen molar-refractivity contribution in [3.63, 3.8) is 0 Å². The lowest BCUT2D eigenvalue weighted by Gasteiger charge is -2.34. The fourth-order valence-corrected chi connectivity index (χ4v) is 4.33. The van der Waals surface area contributed by atoms with Crippen LogP contribution in [0.5, 0.6) is 11.5 Å². The number of aryl methyl sites for hydroxylation is 2. The minimum absolute atomic E-state index is 0.0276. The number of amides is 2. The molecule has 1 saturated heterocycles. The highest BCUT2D eigenvalue weighted by atomic mass is 79.9. The van der Waals surface area contributed by atoms with Crippen LogP contribution in [0, 0.1) is 13.8 Å². The predicted octanol–water partition coefficient (Wildman–Crippen LogP) is 3.96. The minimum atomic E-state index is -0.0885. The van der Waals surface area contributed by atoms with Gasteiger partial charge in [-0.05, 0) is 81.1 Å². The van der Waals surface area contributed by atoms with Crippen molar-refractivity contribution >= 4 is 43.7 Å². The van der Waals surface area contributed by atoms with Gasteiger partial charge in [-0.2, -0.15) is 0 Å². The van der Waals surface area contributed by atoms with Crippen LogP contribution in [-0.4, -0.2) is 61.0 Å². The molecule has 30 heavy (non-hydrogen) atoms. The number of hydrogen-bond acceptors (Lipinski definition) is 4. The van der Waals surface area contributed by atoms with Crippen molar-refractivity contribution in [3.05, 3.63) is 56.5 Å². The fraction of sp³-hybridized carbons (Fsp3) is 0.364. The van der Waals surface area contributed by atoms with E-state index in [1.807, 2.05) is 50.2 Å². The first-order valence-corrected chi connectivity index (χ1v) is 11.3. The number of carbonyl (C=O) groups is 2. The Morgan fingerprint density at radius 2 is 1.13 bits per heavy atom. The highest BCUT2D eigenvalue weighted by Crippen LogP contribution is 2.26. The molecule has 0 atom stereocenters. The average Bonchev–Trinajstić information content (AvgIpc) is 2.72. The predicted molar refractivity (Wildman–Crippen MR) is 122 cm³/mol. The molecule has 2 amide bonds. The molecule has 0 aromatic heterocycles. The third-order valence-corrected chi connectivity index (χ3v) is 6.10. The summed E-state index contributed by atoms with van der Waals surface area (Å²) >= 11 is 6.90. The summed E-state index contributed by atoms with van der Waals surface area (Å²) in [6.07, 6.45) is 0. The number of hydrogen-bond donors (Lipinski definition) is 0. The summed E-state index contributed by atoms with van der Waals surface area (Å²) in [6, 6.07) is 11.5. The molecular weight excluding hydrogens is 516 g/mol. The molecule has 0 spiro atoms. The van der Waals surface area contributed by atoms with Gasteiger partial charge in [-0.25, -0.2) is 0 Å². The lowest BCUT2D eigenvalue weighted by Crippen LogP contribution is -2.52. The Balaban J connectivity index is 1.43. The summed E-state index contributed by atoms with van der Waals surface area (Å²) in [5, 5.41) is 0. The molecule has 1 heterocycles. The smallest absolute Gasteiger partial charge is 0.260 e. The second-order valence-corrected chi connectivity index (χ2v) is 8.92. The summed E-state index contributed by atoms with van der Waals surface area (Å²) in [5.74, 6) is 1.10. The van der Waals surface area contributed by atoms with Crippen molar-refractivity contribution < 1.29 is 19.1 Å². The van der Waals surface area contributed by atoms with Crippen molar-refractivity contribution in [1.82, 2.24) is 9.80 Å². The van der Waals surface area contributed by atoms with Crippen molar-refractivity contribution in [1.29, 1.82) is 0 Å². The Kier molecular flexibility index (Phi) is 7.77. The fourth-order valence-electron chi connectivity index (χ4n) is 3.11. The number of halogens is 2. The van der Waals surface area contributed by atoms with E-state index in [0.29, 0.717) is 37.7 Å². The molecule has 160 valence electrons.